The lowest BCUT2D eigenvalue weighted by Crippen LogP contribution is -2.31. The van der Waals surface area contributed by atoms with E-state index >= 15 is 0 Å². The molecule has 0 radical (unpaired) electrons. The van der Waals surface area contributed by atoms with Crippen molar-refractivity contribution in [1.29, 1.82) is 0 Å². The zero-order valence-electron chi connectivity index (χ0n) is 20.8. The summed E-state index contributed by atoms with van der Waals surface area (Å²) in [5, 5.41) is 10.7. The molecule has 1 aliphatic heterocycles. The van der Waals surface area contributed by atoms with Crippen LogP contribution in [0.25, 0.3) is 22.8 Å². The van der Waals surface area contributed by atoms with Crippen LogP contribution in [-0.4, -0.2) is 47.8 Å². The van der Waals surface area contributed by atoms with Gasteiger partial charge in [0.15, 0.2) is 5.82 Å². The van der Waals surface area contributed by atoms with Crippen molar-refractivity contribution in [2.45, 2.75) is 45.5 Å². The van der Waals surface area contributed by atoms with Crippen molar-refractivity contribution in [2.24, 2.45) is 0 Å². The Morgan fingerprint density at radius 1 is 1.08 bits per heavy atom. The lowest BCUT2D eigenvalue weighted by molar-refractivity contribution is -0.192. The van der Waals surface area contributed by atoms with Crippen LogP contribution in [0.2, 0.25) is 0 Å². The first kappa shape index (κ1) is 27.6. The van der Waals surface area contributed by atoms with E-state index in [1.165, 1.54) is 12.1 Å². The van der Waals surface area contributed by atoms with Gasteiger partial charge in [-0.3, -0.25) is 4.98 Å². The highest BCUT2D eigenvalue weighted by Gasteiger charge is 2.38. The summed E-state index contributed by atoms with van der Waals surface area (Å²) < 4.78 is 61.2. The molecule has 0 spiro atoms. The van der Waals surface area contributed by atoms with Gasteiger partial charge in [-0.1, -0.05) is 6.07 Å². The highest BCUT2D eigenvalue weighted by atomic mass is 19.4. The van der Waals surface area contributed by atoms with Crippen molar-refractivity contribution < 1.29 is 31.9 Å². The summed E-state index contributed by atoms with van der Waals surface area (Å²) >= 11 is 0. The number of anilines is 1. The van der Waals surface area contributed by atoms with E-state index in [0.29, 0.717) is 23.6 Å². The van der Waals surface area contributed by atoms with Crippen LogP contribution in [0.5, 0.6) is 0 Å². The molecule has 8 nitrogen and oxygen atoms in total. The maximum Gasteiger partial charge on any atom is 0.490 e. The monoisotopic (exact) mass is 546 g/mol. The van der Waals surface area contributed by atoms with Gasteiger partial charge < -0.3 is 15.0 Å². The first-order valence-electron chi connectivity index (χ1n) is 11.8. The predicted octanol–water partition coefficient (Wildman–Crippen LogP) is 5.36. The minimum atomic E-state index is -5.08. The van der Waals surface area contributed by atoms with Gasteiger partial charge in [0.1, 0.15) is 29.0 Å². The molecular formula is C26H23F5N6O2. The zero-order chi connectivity index (χ0) is 28.3. The van der Waals surface area contributed by atoms with E-state index < -0.39 is 23.8 Å². The molecule has 5 rings (SSSR count). The van der Waals surface area contributed by atoms with Crippen molar-refractivity contribution in [3.05, 3.63) is 77.5 Å². The molecule has 1 atom stereocenters. The van der Waals surface area contributed by atoms with Crippen LogP contribution in [0.3, 0.4) is 0 Å². The van der Waals surface area contributed by atoms with Crippen molar-refractivity contribution in [3.8, 4) is 22.8 Å². The number of alkyl halides is 3. The number of aromatic nitrogens is 5. The maximum absolute atomic E-state index is 14.2. The lowest BCUT2D eigenvalue weighted by atomic mass is 10.1. The molecule has 1 aliphatic rings. The van der Waals surface area contributed by atoms with E-state index in [0.717, 1.165) is 47.5 Å². The Morgan fingerprint density at radius 3 is 2.46 bits per heavy atom. The molecule has 0 aliphatic carbocycles. The summed E-state index contributed by atoms with van der Waals surface area (Å²) in [6, 6.07) is 9.37. The van der Waals surface area contributed by atoms with Crippen molar-refractivity contribution >= 4 is 11.8 Å². The molecule has 204 valence electrons. The number of nitrogens with zero attached hydrogens (tertiary/aromatic N) is 5. The number of hydrogen-bond acceptors (Lipinski definition) is 6. The van der Waals surface area contributed by atoms with Gasteiger partial charge in [-0.25, -0.2) is 28.5 Å². The third-order valence-corrected chi connectivity index (χ3v) is 6.07. The van der Waals surface area contributed by atoms with Crippen molar-refractivity contribution in [1.82, 2.24) is 24.5 Å². The Hall–Kier alpha value is -4.42. The molecular weight excluding hydrogens is 523 g/mol. The Kier molecular flexibility index (Phi) is 7.88. The summed E-state index contributed by atoms with van der Waals surface area (Å²) in [5.74, 6) is -1.69. The van der Waals surface area contributed by atoms with Gasteiger partial charge >= 0.3 is 12.1 Å². The van der Waals surface area contributed by atoms with Crippen LogP contribution in [0.4, 0.5) is 27.8 Å². The van der Waals surface area contributed by atoms with Crippen LogP contribution in [0, 0.1) is 25.5 Å². The average molecular weight is 547 g/mol. The summed E-state index contributed by atoms with van der Waals surface area (Å²) in [7, 11) is 0. The number of fused-ring (bicyclic) bond motifs is 1. The number of imidazole rings is 1. The standard InChI is InChI=1S/C24H22F2N6.C2HF3O2/c1-14-15(2)28-24(20-5-3-4-10-27-20)31-23(14)29-17-7-9-22-30-21(13-32(22)12-17)18-8-6-16(25)11-19(18)26;3-2(4,5)1(6)7/h3-6,8,10-11,13,17H,7,9,12H2,1-2H3,(H,28,29,31);(H,6,7). The van der Waals surface area contributed by atoms with Gasteiger partial charge in [-0.15, -0.1) is 0 Å². The van der Waals surface area contributed by atoms with Crippen molar-refractivity contribution in [2.75, 3.05) is 5.32 Å². The van der Waals surface area contributed by atoms with E-state index in [2.05, 4.69) is 20.3 Å². The highest BCUT2D eigenvalue weighted by Crippen LogP contribution is 2.27. The average Bonchev–Trinajstić information content (AvgIpc) is 3.30. The van der Waals surface area contributed by atoms with E-state index in [4.69, 9.17) is 14.9 Å². The molecule has 0 fully saturated rings. The molecule has 4 aromatic rings. The summed E-state index contributed by atoms with van der Waals surface area (Å²) in [5.41, 5.74) is 3.45. The number of aryl methyl sites for hydroxylation is 2. The second-order valence-electron chi connectivity index (χ2n) is 8.82. The maximum atomic E-state index is 14.2. The molecule has 1 unspecified atom stereocenters. The number of nitrogens with one attached hydrogen (secondary N) is 1. The molecule has 0 saturated carbocycles. The number of carbonyl (C=O) groups is 1. The number of benzene rings is 1. The van der Waals surface area contributed by atoms with Gasteiger partial charge in [-0.2, -0.15) is 13.2 Å². The van der Waals surface area contributed by atoms with Gasteiger partial charge in [0.25, 0.3) is 0 Å². The third kappa shape index (κ3) is 6.54. The zero-order valence-corrected chi connectivity index (χ0v) is 20.8. The second kappa shape index (κ2) is 11.1. The first-order valence-corrected chi connectivity index (χ1v) is 11.8. The SMILES string of the molecule is Cc1nc(-c2ccccn2)nc(NC2CCc3nc(-c4ccc(F)cc4F)cn3C2)c1C.O=C(O)C(F)(F)F. The predicted molar refractivity (Wildman–Crippen MR) is 132 cm³/mol. The molecule has 39 heavy (non-hydrogen) atoms. The van der Waals surface area contributed by atoms with Crippen LogP contribution < -0.4 is 5.32 Å². The van der Waals surface area contributed by atoms with Crippen LogP contribution in [0.15, 0.2) is 48.8 Å². The number of halogens is 5. The van der Waals surface area contributed by atoms with E-state index in [9.17, 15) is 22.0 Å². The Morgan fingerprint density at radius 2 is 1.82 bits per heavy atom. The molecule has 0 saturated heterocycles. The normalized spacial score (nSPS) is 14.7. The molecule has 3 aromatic heterocycles. The number of pyridine rings is 1. The van der Waals surface area contributed by atoms with Gasteiger partial charge in [0.05, 0.1) is 5.69 Å². The second-order valence-corrected chi connectivity index (χ2v) is 8.82. The fraction of sp³-hybridized carbons (Fsp3) is 0.269. The minimum absolute atomic E-state index is 0.132. The van der Waals surface area contributed by atoms with Gasteiger partial charge in [0, 0.05) is 54.3 Å². The summed E-state index contributed by atoms with van der Waals surface area (Å²) in [4.78, 5) is 27.2. The topological polar surface area (TPSA) is 106 Å². The van der Waals surface area contributed by atoms with Crippen LogP contribution in [-0.2, 0) is 17.8 Å². The number of rotatable bonds is 4. The number of carboxylic acid groups (broad SMARTS) is 1. The van der Waals surface area contributed by atoms with E-state index in [-0.39, 0.29) is 6.04 Å². The Labute approximate surface area is 219 Å². The number of carboxylic acids is 1. The summed E-state index contributed by atoms with van der Waals surface area (Å²) in [6.07, 6.45) is 0.0849. The van der Waals surface area contributed by atoms with Crippen LogP contribution in [0.1, 0.15) is 23.5 Å². The molecule has 13 heteroatoms. The van der Waals surface area contributed by atoms with Crippen molar-refractivity contribution in [3.63, 3.8) is 0 Å². The smallest absolute Gasteiger partial charge is 0.475 e. The summed E-state index contributed by atoms with van der Waals surface area (Å²) in [6.45, 7) is 4.64. The largest absolute Gasteiger partial charge is 0.490 e. The Bertz CT molecular complexity index is 1490. The lowest BCUT2D eigenvalue weighted by Gasteiger charge is -2.26. The fourth-order valence-corrected chi connectivity index (χ4v) is 3.96. The van der Waals surface area contributed by atoms with Gasteiger partial charge in [-0.05, 0) is 44.5 Å². The molecule has 0 amide bonds. The van der Waals surface area contributed by atoms with E-state index in [1.54, 1.807) is 6.20 Å². The molecule has 0 bridgehead atoms. The number of hydrogen-bond donors (Lipinski definition) is 2. The Balaban J connectivity index is 0.000000448. The van der Waals surface area contributed by atoms with Crippen LogP contribution >= 0.6 is 0 Å². The molecule has 4 heterocycles. The minimum Gasteiger partial charge on any atom is -0.475 e. The number of aliphatic carboxylic acids is 1. The third-order valence-electron chi connectivity index (χ3n) is 6.07. The highest BCUT2D eigenvalue weighted by molar-refractivity contribution is 5.73. The van der Waals surface area contributed by atoms with Gasteiger partial charge in [0.2, 0.25) is 0 Å². The first-order chi connectivity index (χ1) is 18.4. The quantitative estimate of drug-likeness (QED) is 0.332. The molecule has 2 N–H and O–H groups in total. The molecule has 1 aromatic carbocycles. The fourth-order valence-electron chi connectivity index (χ4n) is 3.96. The van der Waals surface area contributed by atoms with E-state index in [1.807, 2.05) is 42.8 Å².